The molecule has 0 aliphatic rings. The second-order valence-electron chi connectivity index (χ2n) is 9.40. The molecule has 37 heavy (non-hydrogen) atoms. The molecule has 0 amide bonds. The molecule has 0 bridgehead atoms. The van der Waals surface area contributed by atoms with E-state index in [1.165, 1.54) is 5.39 Å². The van der Waals surface area contributed by atoms with Crippen molar-refractivity contribution in [1.82, 2.24) is 9.97 Å². The van der Waals surface area contributed by atoms with Crippen LogP contribution in [0.5, 0.6) is 0 Å². The average Bonchev–Trinajstić information content (AvgIpc) is 3.35. The van der Waals surface area contributed by atoms with E-state index in [-0.39, 0.29) is 0 Å². The first-order valence-corrected chi connectivity index (χ1v) is 12.4. The van der Waals surface area contributed by atoms with Crippen LogP contribution in [0.1, 0.15) is 0 Å². The Kier molecular flexibility index (Phi) is 4.23. The van der Waals surface area contributed by atoms with Gasteiger partial charge < -0.3 is 4.42 Å². The third-order valence-electron chi connectivity index (χ3n) is 7.33. The molecule has 5 aromatic carbocycles. The molecule has 0 saturated carbocycles. The van der Waals surface area contributed by atoms with Crippen LogP contribution in [0, 0.1) is 0 Å². The summed E-state index contributed by atoms with van der Waals surface area (Å²) in [6.07, 6.45) is 1.83. The molecule has 0 radical (unpaired) electrons. The molecule has 0 atom stereocenters. The maximum Gasteiger partial charge on any atom is 0.143 e. The smallest absolute Gasteiger partial charge is 0.143 e. The Bertz CT molecular complexity index is 2160. The van der Waals surface area contributed by atoms with Crippen molar-refractivity contribution >= 4 is 54.5 Å². The number of pyridine rings is 2. The van der Waals surface area contributed by atoms with Gasteiger partial charge in [0.25, 0.3) is 0 Å². The fourth-order valence-corrected chi connectivity index (χ4v) is 5.59. The highest BCUT2D eigenvalue weighted by atomic mass is 16.3. The third-order valence-corrected chi connectivity index (χ3v) is 7.33. The van der Waals surface area contributed by atoms with Crippen LogP contribution in [0.15, 0.2) is 126 Å². The molecule has 0 aliphatic carbocycles. The van der Waals surface area contributed by atoms with Crippen LogP contribution < -0.4 is 0 Å². The predicted molar refractivity (Wildman–Crippen MR) is 153 cm³/mol. The molecular weight excluding hydrogens is 452 g/mol. The van der Waals surface area contributed by atoms with Crippen LogP contribution in [0.4, 0.5) is 0 Å². The van der Waals surface area contributed by atoms with Crippen molar-refractivity contribution in [3.05, 3.63) is 121 Å². The van der Waals surface area contributed by atoms with Gasteiger partial charge in [-0.1, -0.05) is 97.1 Å². The van der Waals surface area contributed by atoms with Gasteiger partial charge in [-0.15, -0.1) is 0 Å². The van der Waals surface area contributed by atoms with E-state index in [0.717, 1.165) is 71.5 Å². The van der Waals surface area contributed by atoms with Crippen molar-refractivity contribution in [2.24, 2.45) is 0 Å². The van der Waals surface area contributed by atoms with Crippen LogP contribution in [0.3, 0.4) is 0 Å². The van der Waals surface area contributed by atoms with Crippen LogP contribution in [-0.4, -0.2) is 9.97 Å². The minimum absolute atomic E-state index is 0.909. The summed E-state index contributed by atoms with van der Waals surface area (Å²) >= 11 is 0. The lowest BCUT2D eigenvalue weighted by Gasteiger charge is -2.13. The summed E-state index contributed by atoms with van der Waals surface area (Å²) in [6, 6.07) is 40.1. The molecule has 0 N–H and O–H groups in total. The Morgan fingerprint density at radius 1 is 0.459 bits per heavy atom. The minimum atomic E-state index is 0.909. The zero-order valence-corrected chi connectivity index (χ0v) is 19.8. The topological polar surface area (TPSA) is 38.9 Å². The molecule has 0 spiro atoms. The van der Waals surface area contributed by atoms with Gasteiger partial charge in [-0.3, -0.25) is 4.98 Å². The molecular formula is C34H20N2O. The summed E-state index contributed by atoms with van der Waals surface area (Å²) in [4.78, 5) is 9.76. The van der Waals surface area contributed by atoms with E-state index < -0.39 is 0 Å². The number of rotatable bonds is 2. The Labute approximate surface area is 212 Å². The molecule has 172 valence electrons. The Balaban J connectivity index is 1.38. The number of furan rings is 1. The monoisotopic (exact) mass is 472 g/mol. The molecule has 0 unspecified atom stereocenters. The molecule has 0 fully saturated rings. The van der Waals surface area contributed by atoms with Crippen molar-refractivity contribution in [2.75, 3.05) is 0 Å². The normalized spacial score (nSPS) is 11.8. The summed E-state index contributed by atoms with van der Waals surface area (Å²) in [7, 11) is 0. The van der Waals surface area contributed by atoms with Crippen molar-refractivity contribution < 1.29 is 4.42 Å². The number of para-hydroxylation sites is 2. The van der Waals surface area contributed by atoms with Gasteiger partial charge in [0.05, 0.1) is 16.7 Å². The number of aromatic nitrogens is 2. The third kappa shape index (κ3) is 3.01. The van der Waals surface area contributed by atoms with Gasteiger partial charge in [0.2, 0.25) is 0 Å². The summed E-state index contributed by atoms with van der Waals surface area (Å²) in [5.41, 5.74) is 7.97. The Hall–Kier alpha value is -5.02. The van der Waals surface area contributed by atoms with Crippen LogP contribution in [0.2, 0.25) is 0 Å². The lowest BCUT2D eigenvalue weighted by atomic mass is 9.92. The molecule has 3 nitrogen and oxygen atoms in total. The molecule has 3 heteroatoms. The second-order valence-corrected chi connectivity index (χ2v) is 9.40. The maximum absolute atomic E-state index is 6.37. The zero-order valence-electron chi connectivity index (χ0n) is 19.8. The summed E-state index contributed by atoms with van der Waals surface area (Å²) < 4.78 is 6.37. The first-order valence-electron chi connectivity index (χ1n) is 12.4. The maximum atomic E-state index is 6.37. The number of nitrogens with zero attached hydrogens (tertiary/aromatic N) is 2. The second kappa shape index (κ2) is 7.74. The highest BCUT2D eigenvalue weighted by Crippen LogP contribution is 2.40. The Morgan fingerprint density at radius 2 is 1.16 bits per heavy atom. The van der Waals surface area contributed by atoms with Crippen molar-refractivity contribution in [3.8, 4) is 22.4 Å². The Morgan fingerprint density at radius 3 is 2.05 bits per heavy atom. The predicted octanol–water partition coefficient (Wildman–Crippen LogP) is 9.17. The van der Waals surface area contributed by atoms with Gasteiger partial charge in [-0.25, -0.2) is 4.98 Å². The van der Waals surface area contributed by atoms with E-state index in [9.17, 15) is 0 Å². The zero-order chi connectivity index (χ0) is 24.3. The van der Waals surface area contributed by atoms with Gasteiger partial charge in [-0.05, 0) is 34.5 Å². The molecule has 8 rings (SSSR count). The van der Waals surface area contributed by atoms with Crippen LogP contribution >= 0.6 is 0 Å². The van der Waals surface area contributed by atoms with E-state index in [1.54, 1.807) is 0 Å². The molecule has 8 aromatic rings. The SMILES string of the molecule is c1cnc2c(c1)ccc1ccc(-c3ccc(-c4cccc5c4oc4ccccc45)c4ccccc34)nc12. The lowest BCUT2D eigenvalue weighted by Crippen LogP contribution is -1.91. The number of hydrogen-bond acceptors (Lipinski definition) is 3. The fourth-order valence-electron chi connectivity index (χ4n) is 5.59. The molecule has 3 heterocycles. The quantitative estimate of drug-likeness (QED) is 0.235. The van der Waals surface area contributed by atoms with Crippen molar-refractivity contribution in [2.45, 2.75) is 0 Å². The summed E-state index contributed by atoms with van der Waals surface area (Å²) in [5.74, 6) is 0. The van der Waals surface area contributed by atoms with E-state index in [2.05, 4.69) is 102 Å². The van der Waals surface area contributed by atoms with Gasteiger partial charge in [0, 0.05) is 38.9 Å². The van der Waals surface area contributed by atoms with Crippen molar-refractivity contribution in [1.29, 1.82) is 0 Å². The van der Waals surface area contributed by atoms with Gasteiger partial charge >= 0.3 is 0 Å². The fraction of sp³-hybridized carbons (Fsp3) is 0. The van der Waals surface area contributed by atoms with E-state index >= 15 is 0 Å². The molecule has 3 aromatic heterocycles. The average molecular weight is 473 g/mol. The van der Waals surface area contributed by atoms with Gasteiger partial charge in [-0.2, -0.15) is 0 Å². The summed E-state index contributed by atoms with van der Waals surface area (Å²) in [6.45, 7) is 0. The van der Waals surface area contributed by atoms with E-state index in [1.807, 2.05) is 24.4 Å². The van der Waals surface area contributed by atoms with E-state index in [4.69, 9.17) is 9.40 Å². The van der Waals surface area contributed by atoms with Gasteiger partial charge in [0.1, 0.15) is 11.2 Å². The largest absolute Gasteiger partial charge is 0.455 e. The van der Waals surface area contributed by atoms with Crippen LogP contribution in [0.25, 0.3) is 76.9 Å². The summed E-state index contributed by atoms with van der Waals surface area (Å²) in [5, 5.41) is 6.79. The minimum Gasteiger partial charge on any atom is -0.455 e. The number of fused-ring (bicyclic) bond motifs is 7. The van der Waals surface area contributed by atoms with Crippen molar-refractivity contribution in [3.63, 3.8) is 0 Å². The van der Waals surface area contributed by atoms with Crippen LogP contribution in [-0.2, 0) is 0 Å². The number of benzene rings is 5. The highest BCUT2D eigenvalue weighted by Gasteiger charge is 2.16. The molecule has 0 aliphatic heterocycles. The highest BCUT2D eigenvalue weighted by molar-refractivity contribution is 6.14. The number of hydrogen-bond donors (Lipinski definition) is 0. The van der Waals surface area contributed by atoms with Gasteiger partial charge in [0.15, 0.2) is 0 Å². The standard InChI is InChI=1S/C34H20N2O/c1-2-9-24-23(8-1)25(28-11-5-12-29-27-10-3-4-13-31(27)37-34(28)29)17-18-26(24)30-19-16-22-15-14-21-7-6-20-35-32(21)33(22)36-30/h1-20H. The molecule has 0 saturated heterocycles. The first-order chi connectivity index (χ1) is 18.3. The first kappa shape index (κ1) is 20.2. The van der Waals surface area contributed by atoms with E-state index in [0.29, 0.717) is 0 Å². The lowest BCUT2D eigenvalue weighted by molar-refractivity contribution is 0.670.